The monoisotopic (exact) mass is 395 g/mol. The fraction of sp³-hybridized carbons (Fsp3) is 0. The Hall–Kier alpha value is -4.33. The van der Waals surface area contributed by atoms with Crippen LogP contribution < -0.4 is 0 Å². The van der Waals surface area contributed by atoms with Gasteiger partial charge in [0.1, 0.15) is 11.3 Å². The van der Waals surface area contributed by atoms with E-state index < -0.39 is 0 Å². The van der Waals surface area contributed by atoms with Crippen molar-refractivity contribution in [2.45, 2.75) is 0 Å². The van der Waals surface area contributed by atoms with E-state index in [0.29, 0.717) is 28.1 Å². The van der Waals surface area contributed by atoms with Gasteiger partial charge in [-0.15, -0.1) is 0 Å². The first kappa shape index (κ1) is 16.6. The lowest BCUT2D eigenvalue weighted by Crippen LogP contribution is -1.86. The van der Waals surface area contributed by atoms with Gasteiger partial charge in [0.05, 0.1) is 28.4 Å². The van der Waals surface area contributed by atoms with E-state index in [1.54, 1.807) is 24.5 Å². The molecular formula is C22H14FN7. The van der Waals surface area contributed by atoms with E-state index in [9.17, 15) is 4.39 Å². The van der Waals surface area contributed by atoms with Crippen molar-refractivity contribution in [2.75, 3.05) is 0 Å². The Labute approximate surface area is 169 Å². The van der Waals surface area contributed by atoms with E-state index in [0.717, 1.165) is 27.9 Å². The third-order valence-electron chi connectivity index (χ3n) is 5.10. The molecule has 4 aromatic heterocycles. The fourth-order valence-electron chi connectivity index (χ4n) is 3.66. The molecule has 6 aromatic rings. The molecule has 0 atom stereocenters. The molecule has 0 amide bonds. The Morgan fingerprint density at radius 3 is 2.57 bits per heavy atom. The van der Waals surface area contributed by atoms with Crippen LogP contribution in [0.5, 0.6) is 0 Å². The first-order valence-corrected chi connectivity index (χ1v) is 9.36. The molecule has 0 fully saturated rings. The van der Waals surface area contributed by atoms with Crippen LogP contribution in [0.3, 0.4) is 0 Å². The van der Waals surface area contributed by atoms with Crippen LogP contribution in [0.25, 0.3) is 56.0 Å². The summed E-state index contributed by atoms with van der Waals surface area (Å²) >= 11 is 0. The molecule has 0 unspecified atom stereocenters. The van der Waals surface area contributed by atoms with Gasteiger partial charge in [0.15, 0.2) is 11.5 Å². The van der Waals surface area contributed by atoms with Crippen LogP contribution in [-0.4, -0.2) is 35.3 Å². The number of H-pyrrole nitrogens is 3. The van der Waals surface area contributed by atoms with E-state index in [2.05, 4.69) is 25.4 Å². The third kappa shape index (κ3) is 2.51. The molecule has 0 spiro atoms. The molecule has 6 rings (SSSR count). The summed E-state index contributed by atoms with van der Waals surface area (Å²) < 4.78 is 14.4. The number of nitrogens with zero attached hydrogens (tertiary/aromatic N) is 4. The average molecular weight is 395 g/mol. The van der Waals surface area contributed by atoms with E-state index >= 15 is 0 Å². The van der Waals surface area contributed by atoms with Gasteiger partial charge >= 0.3 is 0 Å². The van der Waals surface area contributed by atoms with Crippen molar-refractivity contribution >= 4 is 22.1 Å². The number of aromatic nitrogens is 7. The maximum Gasteiger partial charge on any atom is 0.161 e. The highest BCUT2D eigenvalue weighted by Crippen LogP contribution is 2.32. The summed E-state index contributed by atoms with van der Waals surface area (Å²) in [4.78, 5) is 12.8. The number of hydrogen-bond acceptors (Lipinski definition) is 4. The SMILES string of the molecule is Fc1ccccc1-c1cccc2[nH]c(-c3n[nH]c4ccc(-c5cn[nH]c5)nc34)nc12. The molecule has 0 aliphatic carbocycles. The maximum atomic E-state index is 14.4. The van der Waals surface area contributed by atoms with E-state index in [4.69, 9.17) is 9.97 Å². The summed E-state index contributed by atoms with van der Waals surface area (Å²) in [6, 6.07) is 16.2. The highest BCUT2D eigenvalue weighted by Gasteiger charge is 2.17. The number of fused-ring (bicyclic) bond motifs is 2. The summed E-state index contributed by atoms with van der Waals surface area (Å²) in [6.07, 6.45) is 3.51. The topological polar surface area (TPSA) is 98.9 Å². The molecule has 7 nitrogen and oxygen atoms in total. The normalized spacial score (nSPS) is 11.5. The summed E-state index contributed by atoms with van der Waals surface area (Å²) in [7, 11) is 0. The van der Waals surface area contributed by atoms with Crippen molar-refractivity contribution in [2.24, 2.45) is 0 Å². The lowest BCUT2D eigenvalue weighted by atomic mass is 10.0. The summed E-state index contributed by atoms with van der Waals surface area (Å²) in [6.45, 7) is 0. The highest BCUT2D eigenvalue weighted by atomic mass is 19.1. The molecule has 2 aromatic carbocycles. The Morgan fingerprint density at radius 2 is 1.70 bits per heavy atom. The molecule has 0 saturated heterocycles. The van der Waals surface area contributed by atoms with Gasteiger partial charge in [0.25, 0.3) is 0 Å². The Balaban J connectivity index is 1.54. The zero-order chi connectivity index (χ0) is 20.1. The van der Waals surface area contributed by atoms with Crippen LogP contribution in [-0.2, 0) is 0 Å². The zero-order valence-corrected chi connectivity index (χ0v) is 15.5. The van der Waals surface area contributed by atoms with Crippen LogP contribution in [0.2, 0.25) is 0 Å². The molecule has 4 heterocycles. The Morgan fingerprint density at radius 1 is 0.800 bits per heavy atom. The minimum atomic E-state index is -0.286. The highest BCUT2D eigenvalue weighted by molar-refractivity contribution is 5.96. The van der Waals surface area contributed by atoms with Gasteiger partial charge in [-0.25, -0.2) is 14.4 Å². The molecule has 0 radical (unpaired) electrons. The molecule has 30 heavy (non-hydrogen) atoms. The first-order chi connectivity index (χ1) is 14.8. The number of nitrogens with one attached hydrogen (secondary N) is 3. The maximum absolute atomic E-state index is 14.4. The number of rotatable bonds is 3. The van der Waals surface area contributed by atoms with Crippen molar-refractivity contribution in [3.05, 3.63) is 72.8 Å². The predicted octanol–water partition coefficient (Wildman–Crippen LogP) is 4.70. The van der Waals surface area contributed by atoms with Crippen LogP contribution in [0.15, 0.2) is 67.0 Å². The number of aromatic amines is 3. The average Bonchev–Trinajstić information content (AvgIpc) is 3.51. The molecular weight excluding hydrogens is 381 g/mol. The lowest BCUT2D eigenvalue weighted by Gasteiger charge is -2.03. The molecule has 0 aliphatic rings. The van der Waals surface area contributed by atoms with Gasteiger partial charge in [-0.2, -0.15) is 10.2 Å². The fourth-order valence-corrected chi connectivity index (χ4v) is 3.66. The van der Waals surface area contributed by atoms with Crippen molar-refractivity contribution in [1.82, 2.24) is 35.3 Å². The number of pyridine rings is 1. The Kier molecular flexibility index (Phi) is 3.51. The quantitative estimate of drug-likeness (QED) is 0.404. The molecule has 144 valence electrons. The second kappa shape index (κ2) is 6.35. The summed E-state index contributed by atoms with van der Waals surface area (Å²) in [5.74, 6) is 0.281. The summed E-state index contributed by atoms with van der Waals surface area (Å²) in [5, 5.41) is 14.2. The van der Waals surface area contributed by atoms with Crippen molar-refractivity contribution in [3.8, 4) is 33.9 Å². The van der Waals surface area contributed by atoms with Gasteiger partial charge in [-0.05, 0) is 24.3 Å². The van der Waals surface area contributed by atoms with Crippen molar-refractivity contribution in [3.63, 3.8) is 0 Å². The molecule has 8 heteroatoms. The number of imidazole rings is 1. The van der Waals surface area contributed by atoms with E-state index in [1.165, 1.54) is 6.07 Å². The van der Waals surface area contributed by atoms with Crippen molar-refractivity contribution < 1.29 is 4.39 Å². The third-order valence-corrected chi connectivity index (χ3v) is 5.10. The molecule has 0 saturated carbocycles. The molecule has 3 N–H and O–H groups in total. The van der Waals surface area contributed by atoms with Crippen molar-refractivity contribution in [1.29, 1.82) is 0 Å². The van der Waals surface area contributed by atoms with Crippen LogP contribution in [0.1, 0.15) is 0 Å². The second-order valence-electron chi connectivity index (χ2n) is 6.92. The van der Waals surface area contributed by atoms with Crippen LogP contribution in [0, 0.1) is 5.82 Å². The number of benzene rings is 2. The Bertz CT molecular complexity index is 1510. The lowest BCUT2D eigenvalue weighted by molar-refractivity contribution is 0.631. The number of para-hydroxylation sites is 1. The van der Waals surface area contributed by atoms with Crippen LogP contribution in [0.4, 0.5) is 4.39 Å². The first-order valence-electron chi connectivity index (χ1n) is 9.36. The minimum absolute atomic E-state index is 0.286. The predicted molar refractivity (Wildman–Crippen MR) is 112 cm³/mol. The van der Waals surface area contributed by atoms with Gasteiger partial charge in [-0.3, -0.25) is 10.2 Å². The second-order valence-corrected chi connectivity index (χ2v) is 6.92. The van der Waals surface area contributed by atoms with Gasteiger partial charge in [0.2, 0.25) is 0 Å². The summed E-state index contributed by atoms with van der Waals surface area (Å²) in [5.41, 5.74) is 6.47. The van der Waals surface area contributed by atoms with Gasteiger partial charge in [0, 0.05) is 22.9 Å². The minimum Gasteiger partial charge on any atom is -0.336 e. The molecule has 0 bridgehead atoms. The number of hydrogen-bond donors (Lipinski definition) is 3. The standard InChI is InChI=1S/C22H14FN7/c23-15-6-2-1-4-13(15)14-5-3-7-17-19(14)28-22(27-17)21-20-18(29-30-21)9-8-16(26-20)12-10-24-25-11-12/h1-11H,(H,24,25)(H,27,28)(H,29,30). The number of halogens is 1. The van der Waals surface area contributed by atoms with Gasteiger partial charge in [-0.1, -0.05) is 30.3 Å². The molecule has 0 aliphatic heterocycles. The van der Waals surface area contributed by atoms with Gasteiger partial charge < -0.3 is 4.98 Å². The smallest absolute Gasteiger partial charge is 0.161 e. The van der Waals surface area contributed by atoms with E-state index in [-0.39, 0.29) is 5.82 Å². The van der Waals surface area contributed by atoms with Crippen LogP contribution >= 0.6 is 0 Å². The van der Waals surface area contributed by atoms with E-state index in [1.807, 2.05) is 36.4 Å². The largest absolute Gasteiger partial charge is 0.336 e. The zero-order valence-electron chi connectivity index (χ0n) is 15.5.